The van der Waals surface area contributed by atoms with Crippen molar-refractivity contribution in [1.29, 1.82) is 5.41 Å². The molecule has 0 aromatic rings. The second-order valence-electron chi connectivity index (χ2n) is 4.14. The van der Waals surface area contributed by atoms with Crippen molar-refractivity contribution >= 4 is 5.71 Å². The molecule has 0 spiro atoms. The van der Waals surface area contributed by atoms with E-state index in [9.17, 15) is 0 Å². The van der Waals surface area contributed by atoms with Crippen LogP contribution in [0.2, 0.25) is 0 Å². The summed E-state index contributed by atoms with van der Waals surface area (Å²) in [5.74, 6) is 0. The lowest BCUT2D eigenvalue weighted by Gasteiger charge is -2.30. The lowest BCUT2D eigenvalue weighted by Crippen LogP contribution is -2.29. The van der Waals surface area contributed by atoms with Crippen molar-refractivity contribution < 1.29 is 0 Å². The molecule has 0 saturated carbocycles. The number of hydrogen-bond acceptors (Lipinski definition) is 2. The van der Waals surface area contributed by atoms with E-state index in [1.807, 2.05) is 0 Å². The van der Waals surface area contributed by atoms with Crippen LogP contribution in [0.5, 0.6) is 0 Å². The molecular weight excluding hydrogens is 160 g/mol. The van der Waals surface area contributed by atoms with Gasteiger partial charge in [-0.15, -0.1) is 0 Å². The van der Waals surface area contributed by atoms with Gasteiger partial charge in [0.05, 0.1) is 0 Å². The van der Waals surface area contributed by atoms with Crippen molar-refractivity contribution in [2.45, 2.75) is 38.5 Å². The predicted molar refractivity (Wildman–Crippen MR) is 55.1 cm³/mol. The molecule has 2 aliphatic rings. The fourth-order valence-corrected chi connectivity index (χ4v) is 2.38. The van der Waals surface area contributed by atoms with Crippen molar-refractivity contribution in [2.24, 2.45) is 0 Å². The summed E-state index contributed by atoms with van der Waals surface area (Å²) in [6, 6.07) is 0. The number of nitrogens with zero attached hydrogens (tertiary/aromatic N) is 1. The molecule has 0 unspecified atom stereocenters. The Bertz CT molecular complexity index is 253. The Kier molecular flexibility index (Phi) is 2.38. The van der Waals surface area contributed by atoms with Gasteiger partial charge in [0, 0.05) is 31.4 Å². The fourth-order valence-electron chi connectivity index (χ4n) is 2.38. The van der Waals surface area contributed by atoms with E-state index in [2.05, 4.69) is 11.9 Å². The van der Waals surface area contributed by atoms with Gasteiger partial charge in [-0.3, -0.25) is 0 Å². The van der Waals surface area contributed by atoms with Crippen LogP contribution in [0.25, 0.3) is 0 Å². The molecule has 0 radical (unpaired) electrons. The highest BCUT2D eigenvalue weighted by Crippen LogP contribution is 2.29. The third-order valence-electron chi connectivity index (χ3n) is 3.21. The number of allylic oxidation sites excluding steroid dienone is 2. The Morgan fingerprint density at radius 2 is 1.85 bits per heavy atom. The van der Waals surface area contributed by atoms with Crippen LogP contribution in [0.1, 0.15) is 38.5 Å². The van der Waals surface area contributed by atoms with Crippen LogP contribution in [-0.4, -0.2) is 24.2 Å². The summed E-state index contributed by atoms with van der Waals surface area (Å²) in [5, 5.41) is 7.92. The summed E-state index contributed by atoms with van der Waals surface area (Å²) >= 11 is 0. The van der Waals surface area contributed by atoms with E-state index < -0.39 is 0 Å². The van der Waals surface area contributed by atoms with E-state index in [1.54, 1.807) is 0 Å². The van der Waals surface area contributed by atoms with Crippen LogP contribution >= 0.6 is 0 Å². The summed E-state index contributed by atoms with van der Waals surface area (Å²) < 4.78 is 0. The molecule has 0 bridgehead atoms. The van der Waals surface area contributed by atoms with Crippen LogP contribution in [0, 0.1) is 5.41 Å². The highest BCUT2D eigenvalue weighted by atomic mass is 15.1. The van der Waals surface area contributed by atoms with Crippen molar-refractivity contribution in [3.63, 3.8) is 0 Å². The minimum Gasteiger partial charge on any atom is -0.377 e. The first-order valence-corrected chi connectivity index (χ1v) is 5.30. The smallest absolute Gasteiger partial charge is 0.0380 e. The van der Waals surface area contributed by atoms with Crippen LogP contribution < -0.4 is 0 Å². The Morgan fingerprint density at radius 3 is 2.69 bits per heavy atom. The normalized spacial score (nSPS) is 24.4. The van der Waals surface area contributed by atoms with Crippen LogP contribution in [0.15, 0.2) is 11.3 Å². The summed E-state index contributed by atoms with van der Waals surface area (Å²) in [4.78, 5) is 2.36. The van der Waals surface area contributed by atoms with Gasteiger partial charge in [-0.25, -0.2) is 0 Å². The molecule has 1 N–H and O–H groups in total. The van der Waals surface area contributed by atoms with E-state index in [0.29, 0.717) is 0 Å². The Labute approximate surface area is 80.1 Å². The maximum Gasteiger partial charge on any atom is 0.0380 e. The van der Waals surface area contributed by atoms with E-state index >= 15 is 0 Å². The molecule has 0 aromatic heterocycles. The monoisotopic (exact) mass is 178 g/mol. The van der Waals surface area contributed by atoms with Crippen molar-refractivity contribution in [2.75, 3.05) is 13.6 Å². The van der Waals surface area contributed by atoms with Gasteiger partial charge in [0.25, 0.3) is 0 Å². The maximum absolute atomic E-state index is 7.92. The maximum atomic E-state index is 7.92. The molecule has 2 heteroatoms. The van der Waals surface area contributed by atoms with Gasteiger partial charge in [0.1, 0.15) is 0 Å². The first-order chi connectivity index (χ1) is 6.29. The van der Waals surface area contributed by atoms with E-state index in [0.717, 1.165) is 25.1 Å². The number of nitrogens with one attached hydrogen (secondary N) is 1. The quantitative estimate of drug-likeness (QED) is 0.606. The van der Waals surface area contributed by atoms with Crippen LogP contribution in [-0.2, 0) is 0 Å². The molecule has 0 fully saturated rings. The van der Waals surface area contributed by atoms with Crippen LogP contribution in [0.3, 0.4) is 0 Å². The molecule has 2 nitrogen and oxygen atoms in total. The average molecular weight is 178 g/mol. The van der Waals surface area contributed by atoms with E-state index in [-0.39, 0.29) is 0 Å². The highest BCUT2D eigenvalue weighted by Gasteiger charge is 2.22. The van der Waals surface area contributed by atoms with Gasteiger partial charge >= 0.3 is 0 Å². The molecule has 72 valence electrons. The Morgan fingerprint density at radius 1 is 1.08 bits per heavy atom. The minimum atomic E-state index is 0.912. The topological polar surface area (TPSA) is 27.1 Å². The standard InChI is InChI=1S/C11H18N2/c1-13-8-7-10(12)9-5-3-2-4-6-11(9)13/h12H,2-8H2,1H3. The number of hydrogen-bond donors (Lipinski definition) is 1. The summed E-state index contributed by atoms with van der Waals surface area (Å²) in [6.07, 6.45) is 7.25. The molecule has 1 aliphatic heterocycles. The zero-order valence-corrected chi connectivity index (χ0v) is 8.40. The SMILES string of the molecule is CN1CCC(=N)C2=C1CCCCC2. The first kappa shape index (κ1) is 8.79. The second kappa shape index (κ2) is 3.52. The molecule has 0 saturated heterocycles. The zero-order valence-electron chi connectivity index (χ0n) is 8.40. The van der Waals surface area contributed by atoms with Crippen LogP contribution in [0.4, 0.5) is 0 Å². The molecule has 0 aromatic carbocycles. The molecule has 1 heterocycles. The predicted octanol–water partition coefficient (Wildman–Crippen LogP) is 2.56. The highest BCUT2D eigenvalue weighted by molar-refractivity contribution is 5.99. The fraction of sp³-hybridized carbons (Fsp3) is 0.727. The van der Waals surface area contributed by atoms with Crippen molar-refractivity contribution in [1.82, 2.24) is 4.90 Å². The van der Waals surface area contributed by atoms with Gasteiger partial charge in [0.2, 0.25) is 0 Å². The van der Waals surface area contributed by atoms with E-state index in [4.69, 9.17) is 5.41 Å². The molecule has 0 amide bonds. The third kappa shape index (κ3) is 1.62. The summed E-state index contributed by atoms with van der Waals surface area (Å²) in [7, 11) is 2.17. The van der Waals surface area contributed by atoms with Gasteiger partial charge in [-0.05, 0) is 31.3 Å². The molecule has 13 heavy (non-hydrogen) atoms. The zero-order chi connectivity index (χ0) is 9.26. The largest absolute Gasteiger partial charge is 0.377 e. The van der Waals surface area contributed by atoms with Gasteiger partial charge in [0.15, 0.2) is 0 Å². The molecule has 2 rings (SSSR count). The Hall–Kier alpha value is -0.790. The van der Waals surface area contributed by atoms with Crippen molar-refractivity contribution in [3.8, 4) is 0 Å². The second-order valence-corrected chi connectivity index (χ2v) is 4.14. The van der Waals surface area contributed by atoms with Gasteiger partial charge < -0.3 is 10.3 Å². The molecule has 0 atom stereocenters. The average Bonchev–Trinajstić information content (AvgIpc) is 2.37. The van der Waals surface area contributed by atoms with Gasteiger partial charge in [-0.2, -0.15) is 0 Å². The van der Waals surface area contributed by atoms with Gasteiger partial charge in [-0.1, -0.05) is 6.42 Å². The number of rotatable bonds is 0. The van der Waals surface area contributed by atoms with E-state index in [1.165, 1.54) is 37.0 Å². The lowest BCUT2D eigenvalue weighted by atomic mass is 9.96. The van der Waals surface area contributed by atoms with Crippen molar-refractivity contribution in [3.05, 3.63) is 11.3 Å². The lowest BCUT2D eigenvalue weighted by molar-refractivity contribution is 0.398. The minimum absolute atomic E-state index is 0.912. The first-order valence-electron chi connectivity index (χ1n) is 5.30. The molecule has 1 aliphatic carbocycles. The summed E-state index contributed by atoms with van der Waals surface area (Å²) in [6.45, 7) is 1.05. The Balaban J connectivity index is 2.30. The molecular formula is C11H18N2. The third-order valence-corrected chi connectivity index (χ3v) is 3.21. The summed E-state index contributed by atoms with van der Waals surface area (Å²) in [5.41, 5.74) is 3.75.